The zero-order chi connectivity index (χ0) is 24.8. The van der Waals surface area contributed by atoms with Crippen LogP contribution in [-0.2, 0) is 9.59 Å². The number of hydrazone groups is 1. The molecule has 0 unspecified atom stereocenters. The van der Waals surface area contributed by atoms with Crippen molar-refractivity contribution >= 4 is 46.1 Å². The fraction of sp³-hybridized carbons (Fsp3) is 0.0370. The van der Waals surface area contributed by atoms with Crippen molar-refractivity contribution in [2.45, 2.75) is 6.92 Å². The van der Waals surface area contributed by atoms with Crippen LogP contribution in [-0.4, -0.2) is 29.0 Å². The van der Waals surface area contributed by atoms with E-state index in [-0.39, 0.29) is 17.0 Å². The Morgan fingerprint density at radius 1 is 0.800 bits per heavy atom. The van der Waals surface area contributed by atoms with E-state index >= 15 is 0 Å². The lowest BCUT2D eigenvalue weighted by Crippen LogP contribution is -2.33. The van der Waals surface area contributed by atoms with Crippen LogP contribution in [0.2, 0.25) is 0 Å². The number of amides is 3. The lowest BCUT2D eigenvalue weighted by atomic mass is 10.0. The molecule has 0 heterocycles. The fourth-order valence-corrected chi connectivity index (χ4v) is 3.43. The third kappa shape index (κ3) is 5.51. The maximum absolute atomic E-state index is 12.7. The molecule has 35 heavy (non-hydrogen) atoms. The van der Waals surface area contributed by atoms with Crippen LogP contribution in [0.3, 0.4) is 0 Å². The van der Waals surface area contributed by atoms with Crippen LogP contribution in [0.5, 0.6) is 5.75 Å². The highest BCUT2D eigenvalue weighted by Gasteiger charge is 2.18. The Hall–Kier alpha value is -4.98. The minimum atomic E-state index is -1.03. The average molecular weight is 466 g/mol. The van der Waals surface area contributed by atoms with Crippen molar-refractivity contribution in [3.8, 4) is 5.75 Å². The second kappa shape index (κ2) is 10.3. The minimum Gasteiger partial charge on any atom is -0.507 e. The second-order valence-corrected chi connectivity index (χ2v) is 7.74. The van der Waals surface area contributed by atoms with E-state index in [1.807, 2.05) is 43.3 Å². The first-order valence-corrected chi connectivity index (χ1v) is 10.7. The number of rotatable bonds is 5. The third-order valence-corrected chi connectivity index (χ3v) is 5.24. The lowest BCUT2D eigenvalue weighted by Gasteiger charge is -2.11. The first-order valence-electron chi connectivity index (χ1n) is 10.7. The van der Waals surface area contributed by atoms with E-state index in [2.05, 4.69) is 21.2 Å². The highest BCUT2D eigenvalue weighted by Crippen LogP contribution is 2.25. The number of benzene rings is 4. The number of anilines is 2. The molecule has 0 saturated carbocycles. The van der Waals surface area contributed by atoms with Crippen molar-refractivity contribution in [3.05, 3.63) is 102 Å². The summed E-state index contributed by atoms with van der Waals surface area (Å²) in [4.78, 5) is 37.4. The van der Waals surface area contributed by atoms with E-state index in [1.165, 1.54) is 18.3 Å². The van der Waals surface area contributed by atoms with Crippen LogP contribution in [0.25, 0.3) is 10.8 Å². The fourth-order valence-electron chi connectivity index (χ4n) is 3.43. The van der Waals surface area contributed by atoms with Crippen LogP contribution in [0.4, 0.5) is 11.4 Å². The molecule has 0 radical (unpaired) electrons. The summed E-state index contributed by atoms with van der Waals surface area (Å²) in [6, 6.07) is 24.3. The molecular formula is C27H22N4O4. The van der Waals surface area contributed by atoms with Gasteiger partial charge in [0.15, 0.2) is 0 Å². The molecule has 4 aromatic rings. The smallest absolute Gasteiger partial charge is 0.329 e. The summed E-state index contributed by atoms with van der Waals surface area (Å²) in [6.45, 7) is 1.94. The van der Waals surface area contributed by atoms with Gasteiger partial charge in [0, 0.05) is 11.3 Å². The number of phenolic OH excluding ortho intramolecular Hbond substituents is 1. The van der Waals surface area contributed by atoms with E-state index in [0.717, 1.165) is 16.3 Å². The maximum Gasteiger partial charge on any atom is 0.329 e. The summed E-state index contributed by atoms with van der Waals surface area (Å²) in [7, 11) is 0. The van der Waals surface area contributed by atoms with E-state index < -0.39 is 17.7 Å². The van der Waals surface area contributed by atoms with Gasteiger partial charge < -0.3 is 15.7 Å². The monoisotopic (exact) mass is 466 g/mol. The van der Waals surface area contributed by atoms with Crippen LogP contribution in [0.1, 0.15) is 21.5 Å². The average Bonchev–Trinajstić information content (AvgIpc) is 2.87. The number of hydrogen-bond donors (Lipinski definition) is 4. The lowest BCUT2D eigenvalue weighted by molar-refractivity contribution is -0.136. The summed E-state index contributed by atoms with van der Waals surface area (Å²) >= 11 is 0. The van der Waals surface area contributed by atoms with Gasteiger partial charge in [0.2, 0.25) is 0 Å². The van der Waals surface area contributed by atoms with Crippen LogP contribution < -0.4 is 16.1 Å². The first kappa shape index (κ1) is 23.2. The summed E-state index contributed by atoms with van der Waals surface area (Å²) in [5, 5.41) is 20.8. The van der Waals surface area contributed by atoms with E-state index in [0.29, 0.717) is 11.3 Å². The highest BCUT2D eigenvalue weighted by molar-refractivity contribution is 6.40. The number of fused-ring (bicyclic) bond motifs is 1. The molecule has 0 saturated heterocycles. The van der Waals surface area contributed by atoms with E-state index in [4.69, 9.17) is 0 Å². The number of nitrogens with one attached hydrogen (secondary N) is 3. The zero-order valence-electron chi connectivity index (χ0n) is 18.8. The van der Waals surface area contributed by atoms with Crippen molar-refractivity contribution in [2.75, 3.05) is 10.6 Å². The van der Waals surface area contributed by atoms with Gasteiger partial charge in [-0.1, -0.05) is 60.2 Å². The molecular weight excluding hydrogens is 444 g/mol. The van der Waals surface area contributed by atoms with Crippen molar-refractivity contribution in [1.29, 1.82) is 0 Å². The molecule has 0 atom stereocenters. The van der Waals surface area contributed by atoms with Crippen LogP contribution >= 0.6 is 0 Å². The molecule has 8 nitrogen and oxygen atoms in total. The molecule has 4 rings (SSSR count). The topological polar surface area (TPSA) is 120 Å². The van der Waals surface area contributed by atoms with Crippen molar-refractivity contribution in [3.63, 3.8) is 0 Å². The van der Waals surface area contributed by atoms with Crippen molar-refractivity contribution < 1.29 is 19.5 Å². The number of aryl methyl sites for hydroxylation is 1. The van der Waals surface area contributed by atoms with Gasteiger partial charge in [-0.15, -0.1) is 0 Å². The molecule has 4 N–H and O–H groups in total. The third-order valence-electron chi connectivity index (χ3n) is 5.24. The Morgan fingerprint density at radius 2 is 1.51 bits per heavy atom. The zero-order valence-corrected chi connectivity index (χ0v) is 18.8. The Morgan fingerprint density at radius 3 is 2.31 bits per heavy atom. The molecule has 3 amide bonds. The Bertz CT molecular complexity index is 1450. The van der Waals surface area contributed by atoms with Gasteiger partial charge in [0.05, 0.1) is 17.5 Å². The number of carbonyl (C=O) groups excluding carboxylic acids is 3. The van der Waals surface area contributed by atoms with Gasteiger partial charge in [0.25, 0.3) is 5.91 Å². The predicted molar refractivity (Wildman–Crippen MR) is 136 cm³/mol. The molecule has 0 aliphatic rings. The number of phenols is 1. The highest BCUT2D eigenvalue weighted by atomic mass is 16.3. The number of aromatic hydroxyl groups is 1. The summed E-state index contributed by atoms with van der Waals surface area (Å²) in [6.07, 6.45) is 1.27. The predicted octanol–water partition coefficient (Wildman–Crippen LogP) is 4.19. The molecule has 0 fully saturated rings. The van der Waals surface area contributed by atoms with Crippen molar-refractivity contribution in [1.82, 2.24) is 5.43 Å². The minimum absolute atomic E-state index is 0.0142. The Kier molecular flexibility index (Phi) is 6.83. The van der Waals surface area contributed by atoms with Gasteiger partial charge >= 0.3 is 11.8 Å². The quantitative estimate of drug-likeness (QED) is 0.200. The molecule has 0 aliphatic carbocycles. The SMILES string of the molecule is Cc1ccc(NC(=O)c2ccccc2NC(=O)C(=O)NN=Cc2c(O)ccc3ccccc23)cc1. The van der Waals surface area contributed by atoms with E-state index in [9.17, 15) is 19.5 Å². The number of para-hydroxylation sites is 1. The van der Waals surface area contributed by atoms with Crippen LogP contribution in [0.15, 0.2) is 90.0 Å². The molecule has 174 valence electrons. The normalized spacial score (nSPS) is 10.8. The number of hydrogen-bond acceptors (Lipinski definition) is 5. The molecule has 0 aliphatic heterocycles. The van der Waals surface area contributed by atoms with Gasteiger partial charge in [-0.3, -0.25) is 14.4 Å². The summed E-state index contributed by atoms with van der Waals surface area (Å²) in [5.74, 6) is -2.48. The largest absolute Gasteiger partial charge is 0.507 e. The maximum atomic E-state index is 12.7. The Labute approximate surface area is 201 Å². The summed E-state index contributed by atoms with van der Waals surface area (Å²) < 4.78 is 0. The Balaban J connectivity index is 1.43. The molecule has 0 bridgehead atoms. The van der Waals surface area contributed by atoms with Crippen LogP contribution in [0, 0.1) is 6.92 Å². The first-order chi connectivity index (χ1) is 16.9. The molecule has 4 aromatic carbocycles. The molecule has 0 spiro atoms. The van der Waals surface area contributed by atoms with Gasteiger partial charge in [-0.05, 0) is 48.0 Å². The number of nitrogens with zero attached hydrogens (tertiary/aromatic N) is 1. The van der Waals surface area contributed by atoms with Crippen molar-refractivity contribution in [2.24, 2.45) is 5.10 Å². The molecule has 0 aromatic heterocycles. The van der Waals surface area contributed by atoms with Gasteiger partial charge in [-0.2, -0.15) is 5.10 Å². The standard InChI is InChI=1S/C27H22N4O4/c1-17-10-13-19(14-11-17)29-25(33)21-8-4-5-9-23(21)30-26(34)27(35)31-28-16-22-20-7-3-2-6-18(20)12-15-24(22)32/h2-16,32H,1H3,(H,29,33)(H,30,34)(H,31,35). The molecule has 8 heteroatoms. The van der Waals surface area contributed by atoms with E-state index in [1.54, 1.807) is 36.4 Å². The summed E-state index contributed by atoms with van der Waals surface area (Å²) in [5.41, 5.74) is 4.57. The van der Waals surface area contributed by atoms with Gasteiger partial charge in [-0.25, -0.2) is 5.43 Å². The number of carbonyl (C=O) groups is 3. The second-order valence-electron chi connectivity index (χ2n) is 7.74. The van der Waals surface area contributed by atoms with Gasteiger partial charge in [0.1, 0.15) is 5.75 Å².